The molecule has 0 radical (unpaired) electrons. The van der Waals surface area contributed by atoms with Gasteiger partial charge < -0.3 is 9.80 Å². The highest BCUT2D eigenvalue weighted by atomic mass is 19.1. The van der Waals surface area contributed by atoms with Gasteiger partial charge in [-0.05, 0) is 122 Å². The van der Waals surface area contributed by atoms with Crippen LogP contribution in [0.1, 0.15) is 33.0 Å². The van der Waals surface area contributed by atoms with Gasteiger partial charge in [0.2, 0.25) is 0 Å². The van der Waals surface area contributed by atoms with Gasteiger partial charge in [0, 0.05) is 33.3 Å². The van der Waals surface area contributed by atoms with E-state index in [1.807, 2.05) is 0 Å². The number of rotatable bonds is 10. The molecule has 0 N–H and O–H groups in total. The van der Waals surface area contributed by atoms with Crippen molar-refractivity contribution in [2.24, 2.45) is 0 Å². The maximum atomic E-state index is 18.4. The molecule has 6 heteroatoms. The molecule has 72 heavy (non-hydrogen) atoms. The van der Waals surface area contributed by atoms with E-state index in [1.165, 1.54) is 70.5 Å². The van der Waals surface area contributed by atoms with Crippen LogP contribution in [0.4, 0.5) is 48.6 Å². The Morgan fingerprint density at radius 2 is 0.861 bits per heavy atom. The van der Waals surface area contributed by atoms with Gasteiger partial charge in [-0.25, -0.2) is 13.6 Å². The van der Waals surface area contributed by atoms with E-state index < -0.39 is 177 Å². The molecule has 12 aromatic carbocycles. The van der Waals surface area contributed by atoms with E-state index in [-0.39, 0.29) is 45.1 Å². The Morgan fingerprint density at radius 3 is 1.31 bits per heavy atom. The maximum Gasteiger partial charge on any atom is 0.189 e. The molecule has 0 saturated carbocycles. The van der Waals surface area contributed by atoms with Crippen LogP contribution in [0.25, 0.3) is 81.7 Å². The minimum Gasteiger partial charge on any atom is -0.308 e. The van der Waals surface area contributed by atoms with E-state index in [4.69, 9.17) is 28.5 Å². The Labute approximate surface area is 444 Å². The first-order valence-electron chi connectivity index (χ1n) is 32.0. The molecular formula is C66H40F2N4. The first-order chi connectivity index (χ1) is 43.7. The van der Waals surface area contributed by atoms with Crippen molar-refractivity contribution >= 4 is 72.1 Å². The number of anilines is 6. The second-order valence-electron chi connectivity index (χ2n) is 16.3. The van der Waals surface area contributed by atoms with Crippen molar-refractivity contribution < 1.29 is 36.2 Å². The van der Waals surface area contributed by atoms with Crippen LogP contribution in [0.5, 0.6) is 0 Å². The molecule has 0 aliphatic heterocycles. The highest BCUT2D eigenvalue weighted by Crippen LogP contribution is 2.52. The standard InChI is InChI=1S/C66H40F2N4/c1-70-52-25-15-27-54(41-52)72(66-58(47-23-12-5-13-24-47)38-51(40-60(66)68)45-19-8-3-9-20-45)62-35-31-49-28-32-55-61(34-30-48-29-33-56(62)64(49)63(48)55)71(53-26-14-16-43(36-53)42-69)65-57(46-21-10-4-11-22-46)37-50(39-59(65)67)44-17-6-2-7-18-44/h2-41H/i2D,3D,4D,5D,6D,7D,8D,9D,10D,11D,12D,13D,17D,18D,19D,20D,21D,22D,23D,24D. The smallest absolute Gasteiger partial charge is 0.189 e. The normalized spacial score (nSPS) is 15.1. The van der Waals surface area contributed by atoms with Crippen molar-refractivity contribution in [3.05, 3.63) is 271 Å². The number of halogens is 2. The first-order valence-corrected chi connectivity index (χ1v) is 22.0. The minimum atomic E-state index is -1.18. The van der Waals surface area contributed by atoms with E-state index >= 15 is 8.78 Å². The quantitative estimate of drug-likeness (QED) is 0.101. The number of benzene rings is 12. The molecule has 12 rings (SSSR count). The Morgan fingerprint density at radius 1 is 0.444 bits per heavy atom. The summed E-state index contributed by atoms with van der Waals surface area (Å²) >= 11 is 0. The molecule has 0 unspecified atom stereocenters. The van der Waals surface area contributed by atoms with Crippen molar-refractivity contribution in [2.45, 2.75) is 0 Å². The molecule has 338 valence electrons. The van der Waals surface area contributed by atoms with Crippen LogP contribution in [-0.4, -0.2) is 0 Å². The zero-order chi connectivity index (χ0) is 66.1. The summed E-state index contributed by atoms with van der Waals surface area (Å²) in [6.45, 7) is 8.06. The molecule has 12 aromatic rings. The predicted molar refractivity (Wildman–Crippen MR) is 292 cm³/mol. The van der Waals surface area contributed by atoms with E-state index in [9.17, 15) is 10.7 Å². The lowest BCUT2D eigenvalue weighted by Gasteiger charge is -2.32. The van der Waals surface area contributed by atoms with Crippen molar-refractivity contribution in [1.82, 2.24) is 0 Å². The summed E-state index contributed by atoms with van der Waals surface area (Å²) in [5.41, 5.74) is -3.74. The molecule has 0 aromatic heterocycles. The molecule has 0 heterocycles. The molecule has 0 aliphatic carbocycles. The minimum absolute atomic E-state index is 0.0625. The maximum absolute atomic E-state index is 18.4. The van der Waals surface area contributed by atoms with Crippen LogP contribution < -0.4 is 9.80 Å². The predicted octanol–water partition coefficient (Wildman–Crippen LogP) is 18.9. The van der Waals surface area contributed by atoms with Gasteiger partial charge >= 0.3 is 0 Å². The van der Waals surface area contributed by atoms with Gasteiger partial charge in [0.15, 0.2) is 5.69 Å². The van der Waals surface area contributed by atoms with Gasteiger partial charge in [-0.1, -0.05) is 175 Å². The van der Waals surface area contributed by atoms with E-state index in [1.54, 1.807) is 48.5 Å². The first kappa shape index (κ1) is 26.8. The largest absolute Gasteiger partial charge is 0.308 e. The van der Waals surface area contributed by atoms with E-state index in [0.717, 1.165) is 12.1 Å². The fourth-order valence-corrected chi connectivity index (χ4v) is 9.23. The van der Waals surface area contributed by atoms with Crippen molar-refractivity contribution in [3.8, 4) is 50.6 Å². The molecule has 0 bridgehead atoms. The van der Waals surface area contributed by atoms with Gasteiger partial charge in [0.25, 0.3) is 0 Å². The van der Waals surface area contributed by atoms with Crippen LogP contribution in [0.15, 0.2) is 242 Å². The van der Waals surface area contributed by atoms with Crippen molar-refractivity contribution in [1.29, 1.82) is 5.26 Å². The molecule has 0 atom stereocenters. The molecule has 0 saturated heterocycles. The Bertz CT molecular complexity index is 4890. The van der Waals surface area contributed by atoms with Crippen LogP contribution >= 0.6 is 0 Å². The Balaban J connectivity index is 1.20. The third-order valence-electron chi connectivity index (χ3n) is 12.2. The molecule has 0 spiro atoms. The zero-order valence-electron chi connectivity index (χ0n) is 57.1. The summed E-state index contributed by atoms with van der Waals surface area (Å²) in [5.74, 6) is -2.36. The second-order valence-corrected chi connectivity index (χ2v) is 16.3. The van der Waals surface area contributed by atoms with Gasteiger partial charge in [-0.15, -0.1) is 0 Å². The van der Waals surface area contributed by atoms with E-state index in [0.29, 0.717) is 32.3 Å². The lowest BCUT2D eigenvalue weighted by atomic mass is 9.90. The average Bonchev–Trinajstić information content (AvgIpc) is 0.720. The average molecular weight is 947 g/mol. The fraction of sp³-hybridized carbons (Fsp3) is 0. The lowest BCUT2D eigenvalue weighted by molar-refractivity contribution is 0.629. The summed E-state index contributed by atoms with van der Waals surface area (Å²) in [5, 5.41) is 13.1. The summed E-state index contributed by atoms with van der Waals surface area (Å²) in [4.78, 5) is 6.38. The van der Waals surface area contributed by atoms with Gasteiger partial charge in [-0.2, -0.15) is 5.26 Å². The summed E-state index contributed by atoms with van der Waals surface area (Å²) in [6, 6.07) is 16.3. The van der Waals surface area contributed by atoms with E-state index in [2.05, 4.69) is 10.9 Å². The SMILES string of the molecule is [2H]c1c([2H])c([2H])c(-c2cc(F)c(N(c3cccc(C#N)c3)c3ccc4ccc5c(N(c6cccc([N+]#[C-])c6)c6c(F)cc(-c7c([2H])c([2H])c([2H])c([2H])c7[2H])cc6-c6c([2H])c([2H])c([2H])c([2H])c6[2H])ccc6ccc3c4c65)c(-c3c([2H])c([2H])c([2H])c([2H])c3[2H])c2)c([2H])c1[2H]. The molecular weight excluding hydrogens is 887 g/mol. The van der Waals surface area contributed by atoms with Crippen molar-refractivity contribution in [2.75, 3.05) is 9.80 Å². The number of hydrogen-bond acceptors (Lipinski definition) is 3. The number of nitriles is 1. The van der Waals surface area contributed by atoms with Gasteiger partial charge in [-0.3, -0.25) is 0 Å². The Hall–Kier alpha value is -9.88. The van der Waals surface area contributed by atoms with Crippen LogP contribution in [0.3, 0.4) is 0 Å². The fourth-order valence-electron chi connectivity index (χ4n) is 9.23. The Kier molecular flexibility index (Phi) is 6.77. The summed E-state index contributed by atoms with van der Waals surface area (Å²) < 4.78 is 212. The van der Waals surface area contributed by atoms with Crippen molar-refractivity contribution in [3.63, 3.8) is 0 Å². The molecule has 4 nitrogen and oxygen atoms in total. The zero-order valence-corrected chi connectivity index (χ0v) is 37.1. The molecule has 0 fully saturated rings. The molecule has 0 aliphatic rings. The number of hydrogen-bond donors (Lipinski definition) is 0. The number of nitrogens with zero attached hydrogens (tertiary/aromatic N) is 4. The third kappa shape index (κ3) is 7.61. The highest BCUT2D eigenvalue weighted by Gasteiger charge is 2.28. The monoisotopic (exact) mass is 946 g/mol. The second kappa shape index (κ2) is 18.2. The molecule has 0 amide bonds. The van der Waals surface area contributed by atoms with Crippen LogP contribution in [-0.2, 0) is 0 Å². The van der Waals surface area contributed by atoms with Gasteiger partial charge in [0.05, 0.1) is 68.4 Å². The van der Waals surface area contributed by atoms with Gasteiger partial charge in [0.1, 0.15) is 11.6 Å². The van der Waals surface area contributed by atoms with Crippen LogP contribution in [0, 0.1) is 29.5 Å². The summed E-state index contributed by atoms with van der Waals surface area (Å²) in [7, 11) is 0. The summed E-state index contributed by atoms with van der Waals surface area (Å²) in [6.07, 6.45) is 0. The third-order valence-corrected chi connectivity index (χ3v) is 12.2. The lowest BCUT2D eigenvalue weighted by Crippen LogP contribution is -2.15. The van der Waals surface area contributed by atoms with Crippen LogP contribution in [0.2, 0.25) is 0 Å². The highest BCUT2D eigenvalue weighted by molar-refractivity contribution is 6.28. The topological polar surface area (TPSA) is 34.6 Å².